The molecule has 1 N–H and O–H groups in total. The van der Waals surface area contributed by atoms with E-state index >= 15 is 0 Å². The smallest absolute Gasteiger partial charge is 0.320 e. The van der Waals surface area contributed by atoms with Crippen LogP contribution in [0, 0.1) is 0 Å². The summed E-state index contributed by atoms with van der Waals surface area (Å²) in [6.45, 7) is 0. The van der Waals surface area contributed by atoms with Crippen molar-refractivity contribution in [3.05, 3.63) is 24.0 Å². The molecule has 0 aromatic heterocycles. The van der Waals surface area contributed by atoms with Crippen LogP contribution < -0.4 is 5.11 Å². The number of carboxylic acids is 1. The molecule has 0 rings (SSSR count). The van der Waals surface area contributed by atoms with E-state index in [2.05, 4.69) is 0 Å². The molecule has 0 aliphatic rings. The van der Waals surface area contributed by atoms with Gasteiger partial charge in [0.15, 0.2) is 10.1 Å². The van der Waals surface area contributed by atoms with E-state index in [4.69, 9.17) is 5.11 Å². The fraction of sp³-hybridized carbons (Fsp3) is 0. The zero-order valence-corrected chi connectivity index (χ0v) is 7.35. The van der Waals surface area contributed by atoms with Gasteiger partial charge in [-0.15, -0.1) is 0 Å². The Balaban J connectivity index is 4.58. The van der Waals surface area contributed by atoms with Gasteiger partial charge in [0.25, 0.3) is 5.12 Å². The molecule has 0 amide bonds. The van der Waals surface area contributed by atoms with Crippen LogP contribution in [0.25, 0.3) is 0 Å². The molecular weight excluding hydrogens is 216 g/mol. The van der Waals surface area contributed by atoms with Gasteiger partial charge >= 0.3 is 5.97 Å². The first-order chi connectivity index (χ1) is 6.25. The Bertz CT molecular complexity index is 400. The van der Waals surface area contributed by atoms with Gasteiger partial charge in [-0.05, 0) is 11.8 Å². The first-order valence-electron chi connectivity index (χ1n) is 3.03. The molecule has 0 radical (unpaired) electrons. The van der Waals surface area contributed by atoms with Gasteiger partial charge in [0.05, 0.1) is 0 Å². The SMILES string of the molecule is O=C(O)/C([O-])=C/C=C/C(=O)S(=O)(=O)[O-]. The lowest BCUT2D eigenvalue weighted by Gasteiger charge is -2.02. The fourth-order valence-corrected chi connectivity index (χ4v) is 0.614. The van der Waals surface area contributed by atoms with Crippen molar-refractivity contribution < 1.29 is 32.8 Å². The van der Waals surface area contributed by atoms with Crippen molar-refractivity contribution in [2.24, 2.45) is 0 Å². The predicted molar refractivity (Wildman–Crippen MR) is 39.6 cm³/mol. The van der Waals surface area contributed by atoms with E-state index in [1.807, 2.05) is 0 Å². The quantitative estimate of drug-likeness (QED) is 0.250. The molecule has 0 unspecified atom stereocenters. The highest BCUT2D eigenvalue weighted by molar-refractivity contribution is 8.01. The second-order valence-corrected chi connectivity index (χ2v) is 3.28. The van der Waals surface area contributed by atoms with E-state index in [0.29, 0.717) is 18.2 Å². The van der Waals surface area contributed by atoms with E-state index in [9.17, 15) is 27.7 Å². The van der Waals surface area contributed by atoms with Gasteiger partial charge in [0, 0.05) is 0 Å². The molecule has 0 aliphatic carbocycles. The maximum Gasteiger partial charge on any atom is 0.320 e. The molecule has 0 atom stereocenters. The van der Waals surface area contributed by atoms with Crippen molar-refractivity contribution in [1.82, 2.24) is 0 Å². The minimum absolute atomic E-state index is 0.295. The van der Waals surface area contributed by atoms with Crippen molar-refractivity contribution in [3.8, 4) is 0 Å². The third-order valence-electron chi connectivity index (χ3n) is 0.937. The van der Waals surface area contributed by atoms with Crippen LogP contribution in [-0.2, 0) is 19.7 Å². The Morgan fingerprint density at radius 2 is 1.79 bits per heavy atom. The Morgan fingerprint density at radius 3 is 2.14 bits per heavy atom. The number of carbonyl (C=O) groups is 2. The number of hydrogen-bond acceptors (Lipinski definition) is 6. The van der Waals surface area contributed by atoms with Crippen LogP contribution in [-0.4, -0.2) is 29.2 Å². The van der Waals surface area contributed by atoms with Crippen LogP contribution >= 0.6 is 0 Å². The second kappa shape index (κ2) is 4.53. The first-order valence-corrected chi connectivity index (χ1v) is 4.44. The van der Waals surface area contributed by atoms with Gasteiger partial charge in [0.2, 0.25) is 0 Å². The van der Waals surface area contributed by atoms with E-state index in [-0.39, 0.29) is 0 Å². The van der Waals surface area contributed by atoms with Crippen LogP contribution in [0.5, 0.6) is 0 Å². The summed E-state index contributed by atoms with van der Waals surface area (Å²) in [6.07, 6.45) is 1.32. The van der Waals surface area contributed by atoms with Gasteiger partial charge in [-0.1, -0.05) is 12.2 Å². The van der Waals surface area contributed by atoms with E-state index in [0.717, 1.165) is 0 Å². The average Bonchev–Trinajstić information content (AvgIpc) is 2.01. The normalized spacial score (nSPS) is 13.1. The van der Waals surface area contributed by atoms with E-state index in [1.165, 1.54) is 0 Å². The first kappa shape index (κ1) is 12.3. The van der Waals surface area contributed by atoms with Crippen molar-refractivity contribution in [2.75, 3.05) is 0 Å². The number of allylic oxidation sites excluding steroid dienone is 2. The Labute approximate surface area is 78.7 Å². The Kier molecular flexibility index (Phi) is 3.99. The van der Waals surface area contributed by atoms with Crippen LogP contribution in [0.1, 0.15) is 0 Å². The molecule has 0 heterocycles. The lowest BCUT2D eigenvalue weighted by Crippen LogP contribution is -2.14. The van der Waals surface area contributed by atoms with Crippen LogP contribution in [0.2, 0.25) is 0 Å². The largest absolute Gasteiger partial charge is 0.868 e. The molecule has 0 fully saturated rings. The Hall–Kier alpha value is -1.67. The van der Waals surface area contributed by atoms with E-state index in [1.54, 1.807) is 0 Å². The molecular formula is C6H4O7S-2. The summed E-state index contributed by atoms with van der Waals surface area (Å²) in [7, 11) is -5.08. The van der Waals surface area contributed by atoms with Gasteiger partial charge in [-0.25, -0.2) is 13.2 Å². The summed E-state index contributed by atoms with van der Waals surface area (Å²) in [6, 6.07) is 0. The fourth-order valence-electron chi connectivity index (χ4n) is 0.369. The highest BCUT2D eigenvalue weighted by Crippen LogP contribution is 1.90. The number of carboxylic acid groups (broad SMARTS) is 1. The molecule has 8 heteroatoms. The number of aliphatic carboxylic acids is 1. The summed E-state index contributed by atoms with van der Waals surface area (Å²) in [5, 5.41) is 16.6. The maximum atomic E-state index is 10.3. The molecule has 7 nitrogen and oxygen atoms in total. The molecule has 0 saturated carbocycles. The van der Waals surface area contributed by atoms with E-state index < -0.39 is 27.0 Å². The van der Waals surface area contributed by atoms with Crippen molar-refractivity contribution in [3.63, 3.8) is 0 Å². The maximum absolute atomic E-state index is 10.3. The zero-order chi connectivity index (χ0) is 11.4. The van der Waals surface area contributed by atoms with Crippen molar-refractivity contribution in [1.29, 1.82) is 0 Å². The number of hydrogen-bond donors (Lipinski definition) is 1. The summed E-state index contributed by atoms with van der Waals surface area (Å²) in [5.74, 6) is -3.09. The molecule has 14 heavy (non-hydrogen) atoms. The molecule has 0 aromatic rings. The van der Waals surface area contributed by atoms with Crippen LogP contribution in [0.15, 0.2) is 24.0 Å². The molecule has 0 saturated heterocycles. The number of carbonyl (C=O) groups excluding carboxylic acids is 1. The monoisotopic (exact) mass is 220 g/mol. The van der Waals surface area contributed by atoms with Crippen molar-refractivity contribution >= 4 is 21.2 Å². The third-order valence-corrected chi connectivity index (χ3v) is 1.57. The molecule has 0 bridgehead atoms. The summed E-state index contributed by atoms with van der Waals surface area (Å²) in [5.41, 5.74) is 0. The highest BCUT2D eigenvalue weighted by Gasteiger charge is 2.03. The van der Waals surface area contributed by atoms with Crippen LogP contribution in [0.4, 0.5) is 0 Å². The predicted octanol–water partition coefficient (Wildman–Crippen LogP) is -2.06. The lowest BCUT2D eigenvalue weighted by atomic mass is 10.4. The summed E-state index contributed by atoms with van der Waals surface area (Å²) < 4.78 is 29.9. The standard InChI is InChI=1S/C6H6O7S/c7-4(6(9)10)2-1-3-5(8)14(11,12)13/h1-3,7H,(H,9,10)(H,11,12,13)/p-2/b3-1+,4-2-. The van der Waals surface area contributed by atoms with Gasteiger partial charge in [0.1, 0.15) is 0 Å². The lowest BCUT2D eigenvalue weighted by molar-refractivity contribution is -0.302. The summed E-state index contributed by atoms with van der Waals surface area (Å²) in [4.78, 5) is 20.2. The second-order valence-electron chi connectivity index (χ2n) is 1.97. The number of rotatable bonds is 3. The van der Waals surface area contributed by atoms with Crippen molar-refractivity contribution in [2.45, 2.75) is 0 Å². The topological polar surface area (TPSA) is 135 Å². The average molecular weight is 220 g/mol. The third kappa shape index (κ3) is 4.38. The molecule has 78 valence electrons. The molecule has 0 aliphatic heterocycles. The highest BCUT2D eigenvalue weighted by atomic mass is 32.2. The summed E-state index contributed by atoms with van der Waals surface area (Å²) >= 11 is 0. The Morgan fingerprint density at radius 1 is 1.29 bits per heavy atom. The van der Waals surface area contributed by atoms with Gasteiger partial charge in [-0.2, -0.15) is 0 Å². The minimum Gasteiger partial charge on any atom is -0.868 e. The minimum atomic E-state index is -5.08. The van der Waals surface area contributed by atoms with Gasteiger partial charge in [-0.3, -0.25) is 4.79 Å². The molecule has 0 aromatic carbocycles. The molecule has 0 spiro atoms. The van der Waals surface area contributed by atoms with Gasteiger partial charge < -0.3 is 14.8 Å². The van der Waals surface area contributed by atoms with Crippen LogP contribution in [0.3, 0.4) is 0 Å². The zero-order valence-electron chi connectivity index (χ0n) is 6.54.